The molecule has 110 valence electrons. The molecular weight excluding hydrogens is 347 g/mol. The summed E-state index contributed by atoms with van der Waals surface area (Å²) in [5.74, 6) is -0.708. The molecule has 0 saturated heterocycles. The number of halogens is 3. The molecule has 3 rings (SSSR count). The van der Waals surface area contributed by atoms with Gasteiger partial charge in [0.25, 0.3) is 0 Å². The van der Waals surface area contributed by atoms with Crippen LogP contribution in [0.1, 0.15) is 10.5 Å². The molecule has 0 atom stereocenters. The number of carbonyl (C=O) groups is 2. The molecule has 0 fully saturated rings. The summed E-state index contributed by atoms with van der Waals surface area (Å²) >= 11 is 18.4. The molecule has 1 N–H and O–H groups in total. The van der Waals surface area contributed by atoms with Gasteiger partial charge in [0.15, 0.2) is 6.29 Å². The van der Waals surface area contributed by atoms with Gasteiger partial charge in [0.2, 0.25) is 5.78 Å². The summed E-state index contributed by atoms with van der Waals surface area (Å²) in [5, 5.41) is 1.13. The van der Waals surface area contributed by atoms with Crippen molar-refractivity contribution in [3.8, 4) is 11.3 Å². The molecule has 0 unspecified atom stereocenters. The zero-order chi connectivity index (χ0) is 15.9. The van der Waals surface area contributed by atoms with Gasteiger partial charge in [0.1, 0.15) is 5.69 Å². The molecule has 0 amide bonds. The molecule has 7 heteroatoms. The first kappa shape index (κ1) is 15.0. The van der Waals surface area contributed by atoms with Gasteiger partial charge in [-0.25, -0.2) is 0 Å². The minimum absolute atomic E-state index is 0.101. The lowest BCUT2D eigenvalue weighted by Gasteiger charge is -2.05. The van der Waals surface area contributed by atoms with E-state index in [2.05, 4.69) is 9.97 Å². The largest absolute Gasteiger partial charge is 0.351 e. The standard InChI is InChI=1S/C15H7Cl3N2O2/c16-7-5-9-11(14(18)13(7)17)12(8-3-1-2-4-19-8)15(20-9)10(22)6-21/h1-6,20H. The third-order valence-corrected chi connectivity index (χ3v) is 4.46. The predicted molar refractivity (Wildman–Crippen MR) is 87.0 cm³/mol. The Balaban J connectivity index is 2.48. The fraction of sp³-hybridized carbons (Fsp3) is 0. The number of aromatic nitrogens is 2. The molecular formula is C15H7Cl3N2O2. The highest BCUT2D eigenvalue weighted by Crippen LogP contribution is 2.42. The average molecular weight is 354 g/mol. The molecule has 3 aromatic rings. The molecule has 0 aliphatic heterocycles. The summed E-state index contributed by atoms with van der Waals surface area (Å²) in [4.78, 5) is 29.9. The monoisotopic (exact) mass is 352 g/mol. The van der Waals surface area contributed by atoms with Gasteiger partial charge in [0, 0.05) is 22.7 Å². The number of ketones is 1. The first-order valence-corrected chi connectivity index (χ1v) is 7.28. The minimum Gasteiger partial charge on any atom is -0.351 e. The van der Waals surface area contributed by atoms with Gasteiger partial charge in [0.05, 0.1) is 20.8 Å². The van der Waals surface area contributed by atoms with Crippen molar-refractivity contribution in [1.29, 1.82) is 0 Å². The maximum Gasteiger partial charge on any atom is 0.242 e. The predicted octanol–water partition coefficient (Wildman–Crippen LogP) is 4.57. The highest BCUT2D eigenvalue weighted by atomic mass is 35.5. The molecule has 1 aromatic carbocycles. The van der Waals surface area contributed by atoms with Crippen LogP contribution in [0.2, 0.25) is 15.1 Å². The molecule has 4 nitrogen and oxygen atoms in total. The second-order valence-corrected chi connectivity index (χ2v) is 5.64. The quantitative estimate of drug-likeness (QED) is 0.325. The van der Waals surface area contributed by atoms with E-state index in [-0.39, 0.29) is 27.0 Å². The van der Waals surface area contributed by atoms with Crippen molar-refractivity contribution in [2.24, 2.45) is 0 Å². The van der Waals surface area contributed by atoms with Gasteiger partial charge in [-0.1, -0.05) is 40.9 Å². The highest BCUT2D eigenvalue weighted by Gasteiger charge is 2.23. The van der Waals surface area contributed by atoms with E-state index < -0.39 is 5.78 Å². The van der Waals surface area contributed by atoms with E-state index in [1.165, 1.54) is 0 Å². The van der Waals surface area contributed by atoms with Crippen LogP contribution in [-0.4, -0.2) is 22.0 Å². The van der Waals surface area contributed by atoms with Crippen molar-refractivity contribution in [1.82, 2.24) is 9.97 Å². The fourth-order valence-corrected chi connectivity index (χ4v) is 2.97. The maximum atomic E-state index is 11.9. The zero-order valence-electron chi connectivity index (χ0n) is 10.9. The number of fused-ring (bicyclic) bond motifs is 1. The summed E-state index contributed by atoms with van der Waals surface area (Å²) in [5.41, 5.74) is 1.53. The van der Waals surface area contributed by atoms with Crippen LogP contribution in [-0.2, 0) is 4.79 Å². The molecule has 2 aromatic heterocycles. The second-order valence-electron chi connectivity index (χ2n) is 4.48. The van der Waals surface area contributed by atoms with Gasteiger partial charge in [-0.15, -0.1) is 0 Å². The zero-order valence-corrected chi connectivity index (χ0v) is 13.1. The summed E-state index contributed by atoms with van der Waals surface area (Å²) in [6.07, 6.45) is 1.81. The molecule has 0 radical (unpaired) electrons. The number of rotatable bonds is 3. The van der Waals surface area contributed by atoms with E-state index in [1.54, 1.807) is 30.5 Å². The Hall–Kier alpha value is -1.88. The third-order valence-electron chi connectivity index (χ3n) is 3.20. The van der Waals surface area contributed by atoms with Crippen LogP contribution < -0.4 is 0 Å². The molecule has 0 aliphatic rings. The van der Waals surface area contributed by atoms with Gasteiger partial charge in [-0.05, 0) is 18.2 Å². The van der Waals surface area contributed by atoms with E-state index in [0.717, 1.165) is 0 Å². The maximum absolute atomic E-state index is 11.9. The lowest BCUT2D eigenvalue weighted by atomic mass is 10.0. The number of pyridine rings is 1. The number of Topliss-reactive ketones (excluding diaryl/α,β-unsaturated/α-hetero) is 1. The lowest BCUT2D eigenvalue weighted by molar-refractivity contribution is -0.104. The van der Waals surface area contributed by atoms with Crippen LogP contribution in [0.25, 0.3) is 22.2 Å². The number of hydrogen-bond acceptors (Lipinski definition) is 3. The number of nitrogens with one attached hydrogen (secondary N) is 1. The summed E-state index contributed by atoms with van der Waals surface area (Å²) < 4.78 is 0. The van der Waals surface area contributed by atoms with Crippen molar-refractivity contribution >= 4 is 57.8 Å². The SMILES string of the molecule is O=CC(=O)c1[nH]c2cc(Cl)c(Cl)c(Cl)c2c1-c1ccccn1. The Morgan fingerprint density at radius 2 is 1.95 bits per heavy atom. The van der Waals surface area contributed by atoms with E-state index in [9.17, 15) is 9.59 Å². The lowest BCUT2D eigenvalue weighted by Crippen LogP contribution is -2.02. The van der Waals surface area contributed by atoms with Crippen molar-refractivity contribution in [3.05, 3.63) is 51.2 Å². The minimum atomic E-state index is -0.708. The van der Waals surface area contributed by atoms with Crippen LogP contribution in [0.3, 0.4) is 0 Å². The number of carbonyl (C=O) groups excluding carboxylic acids is 2. The Kier molecular flexibility index (Phi) is 3.91. The highest BCUT2D eigenvalue weighted by molar-refractivity contribution is 6.51. The van der Waals surface area contributed by atoms with Crippen LogP contribution >= 0.6 is 34.8 Å². The van der Waals surface area contributed by atoms with Gasteiger partial charge in [-0.3, -0.25) is 14.6 Å². The average Bonchev–Trinajstić information content (AvgIpc) is 2.92. The Bertz CT molecular complexity index is 904. The topological polar surface area (TPSA) is 62.8 Å². The number of benzene rings is 1. The summed E-state index contributed by atoms with van der Waals surface area (Å²) in [6.45, 7) is 0. The molecule has 0 spiro atoms. The molecule has 2 heterocycles. The molecule has 0 bridgehead atoms. The van der Waals surface area contributed by atoms with Crippen molar-refractivity contribution < 1.29 is 9.59 Å². The van der Waals surface area contributed by atoms with Crippen LogP contribution in [0.5, 0.6) is 0 Å². The fourth-order valence-electron chi connectivity index (χ4n) is 2.27. The Morgan fingerprint density at radius 3 is 2.59 bits per heavy atom. The van der Waals surface area contributed by atoms with E-state index in [1.807, 2.05) is 0 Å². The molecule has 0 aliphatic carbocycles. The first-order chi connectivity index (χ1) is 10.5. The molecule has 0 saturated carbocycles. The van der Waals surface area contributed by atoms with Crippen molar-refractivity contribution in [2.45, 2.75) is 0 Å². The second kappa shape index (κ2) is 5.72. The van der Waals surface area contributed by atoms with E-state index >= 15 is 0 Å². The number of H-pyrrole nitrogens is 1. The Morgan fingerprint density at radius 1 is 1.18 bits per heavy atom. The van der Waals surface area contributed by atoms with Gasteiger partial charge >= 0.3 is 0 Å². The van der Waals surface area contributed by atoms with Gasteiger partial charge in [-0.2, -0.15) is 0 Å². The van der Waals surface area contributed by atoms with E-state index in [0.29, 0.717) is 22.2 Å². The summed E-state index contributed by atoms with van der Waals surface area (Å²) in [6, 6.07) is 6.77. The van der Waals surface area contributed by atoms with Crippen molar-refractivity contribution in [3.63, 3.8) is 0 Å². The molecule has 22 heavy (non-hydrogen) atoms. The number of aldehydes is 1. The number of aromatic amines is 1. The third kappa shape index (κ3) is 2.29. The first-order valence-electron chi connectivity index (χ1n) is 6.14. The van der Waals surface area contributed by atoms with Crippen molar-refractivity contribution in [2.75, 3.05) is 0 Å². The van der Waals surface area contributed by atoms with Gasteiger partial charge < -0.3 is 4.98 Å². The van der Waals surface area contributed by atoms with Crippen LogP contribution in [0, 0.1) is 0 Å². The van der Waals surface area contributed by atoms with Crippen LogP contribution in [0.15, 0.2) is 30.5 Å². The Labute approximate surface area is 140 Å². The van der Waals surface area contributed by atoms with E-state index in [4.69, 9.17) is 34.8 Å². The smallest absolute Gasteiger partial charge is 0.242 e. The van der Waals surface area contributed by atoms with Crippen LogP contribution in [0.4, 0.5) is 0 Å². The number of nitrogens with zero attached hydrogens (tertiary/aromatic N) is 1. The summed E-state index contributed by atoms with van der Waals surface area (Å²) in [7, 11) is 0. The normalized spacial score (nSPS) is 10.9. The number of hydrogen-bond donors (Lipinski definition) is 1.